The molecule has 1 atom stereocenters. The first-order valence-corrected chi connectivity index (χ1v) is 10.2. The molecule has 1 unspecified atom stereocenters. The summed E-state index contributed by atoms with van der Waals surface area (Å²) < 4.78 is 0. The molecule has 7 heteroatoms. The lowest BCUT2D eigenvalue weighted by Gasteiger charge is -2.15. The zero-order valence-corrected chi connectivity index (χ0v) is 17.5. The Bertz CT molecular complexity index is 766. The number of halogens is 1. The van der Waals surface area contributed by atoms with Gasteiger partial charge >= 0.3 is 0 Å². The minimum Gasteiger partial charge on any atom is -0.396 e. The van der Waals surface area contributed by atoms with E-state index in [4.69, 9.17) is 11.6 Å². The van der Waals surface area contributed by atoms with Crippen LogP contribution in [0.2, 0.25) is 5.02 Å². The number of amides is 1. The van der Waals surface area contributed by atoms with Gasteiger partial charge in [0.1, 0.15) is 0 Å². The zero-order chi connectivity index (χ0) is 20.9. The van der Waals surface area contributed by atoms with E-state index in [1.54, 1.807) is 24.3 Å². The number of benzene rings is 2. The number of aliphatic hydroxyl groups excluding tert-OH is 1. The third-order valence-corrected chi connectivity index (χ3v) is 4.56. The largest absolute Gasteiger partial charge is 0.396 e. The van der Waals surface area contributed by atoms with E-state index in [9.17, 15) is 9.90 Å². The highest BCUT2D eigenvalue weighted by molar-refractivity contribution is 6.30. The molecule has 0 fully saturated rings. The summed E-state index contributed by atoms with van der Waals surface area (Å²) in [6, 6.07) is 16.9. The quantitative estimate of drug-likeness (QED) is 0.271. The normalized spacial score (nSPS) is 12.3. The van der Waals surface area contributed by atoms with Gasteiger partial charge in [0.25, 0.3) is 0 Å². The summed E-state index contributed by atoms with van der Waals surface area (Å²) in [5, 5.41) is 19.6. The fourth-order valence-corrected chi connectivity index (χ4v) is 2.88. The minimum atomic E-state index is -0.0446. The van der Waals surface area contributed by atoms with Gasteiger partial charge in [-0.3, -0.25) is 9.79 Å². The van der Waals surface area contributed by atoms with Crippen LogP contribution >= 0.6 is 11.6 Å². The molecule has 2 rings (SSSR count). The Morgan fingerprint density at radius 1 is 1.10 bits per heavy atom. The Balaban J connectivity index is 1.77. The predicted molar refractivity (Wildman–Crippen MR) is 120 cm³/mol. The third kappa shape index (κ3) is 8.54. The van der Waals surface area contributed by atoms with Crippen LogP contribution in [0.1, 0.15) is 31.2 Å². The highest BCUT2D eigenvalue weighted by Crippen LogP contribution is 2.15. The third-order valence-electron chi connectivity index (χ3n) is 4.31. The van der Waals surface area contributed by atoms with Gasteiger partial charge < -0.3 is 21.1 Å². The second kappa shape index (κ2) is 12.8. The van der Waals surface area contributed by atoms with Gasteiger partial charge in [0.05, 0.1) is 13.2 Å². The van der Waals surface area contributed by atoms with Crippen LogP contribution in [0, 0.1) is 0 Å². The number of anilines is 1. The summed E-state index contributed by atoms with van der Waals surface area (Å²) in [5.74, 6) is 0.595. The number of hydrogen-bond acceptors (Lipinski definition) is 3. The van der Waals surface area contributed by atoms with E-state index < -0.39 is 0 Å². The number of aliphatic imine (C=N–C) groups is 1. The predicted octanol–water partition coefficient (Wildman–Crippen LogP) is 3.39. The lowest BCUT2D eigenvalue weighted by Crippen LogP contribution is -2.38. The van der Waals surface area contributed by atoms with Crippen molar-refractivity contribution < 1.29 is 9.90 Å². The molecule has 0 radical (unpaired) electrons. The van der Waals surface area contributed by atoms with Gasteiger partial charge in [-0.2, -0.15) is 0 Å². The van der Waals surface area contributed by atoms with E-state index in [1.165, 1.54) is 0 Å². The SMILES string of the molecule is CCNC(=NCC(CO)c1ccccc1)NCCCC(=O)Nc1ccc(Cl)cc1. The van der Waals surface area contributed by atoms with Gasteiger partial charge in [-0.15, -0.1) is 0 Å². The van der Waals surface area contributed by atoms with E-state index in [0.29, 0.717) is 36.9 Å². The van der Waals surface area contributed by atoms with E-state index in [-0.39, 0.29) is 18.4 Å². The second-order valence-corrected chi connectivity index (χ2v) is 7.03. The van der Waals surface area contributed by atoms with E-state index in [0.717, 1.165) is 17.8 Å². The second-order valence-electron chi connectivity index (χ2n) is 6.60. The fourth-order valence-electron chi connectivity index (χ4n) is 2.75. The number of carbonyl (C=O) groups excluding carboxylic acids is 1. The summed E-state index contributed by atoms with van der Waals surface area (Å²) >= 11 is 5.84. The van der Waals surface area contributed by atoms with Crippen LogP contribution in [0.15, 0.2) is 59.6 Å². The van der Waals surface area contributed by atoms with Crippen molar-refractivity contribution in [2.24, 2.45) is 4.99 Å². The van der Waals surface area contributed by atoms with Crippen LogP contribution in [0.4, 0.5) is 5.69 Å². The van der Waals surface area contributed by atoms with Crippen LogP contribution < -0.4 is 16.0 Å². The number of hydrogen-bond donors (Lipinski definition) is 4. The molecule has 0 aliphatic rings. The van der Waals surface area contributed by atoms with Crippen molar-refractivity contribution >= 4 is 29.2 Å². The van der Waals surface area contributed by atoms with Crippen molar-refractivity contribution in [2.75, 3.05) is 31.6 Å². The molecule has 156 valence electrons. The number of nitrogens with one attached hydrogen (secondary N) is 3. The Morgan fingerprint density at radius 3 is 2.48 bits per heavy atom. The molecule has 6 nitrogen and oxygen atoms in total. The van der Waals surface area contributed by atoms with Crippen molar-refractivity contribution in [3.8, 4) is 0 Å². The van der Waals surface area contributed by atoms with Gasteiger partial charge in [-0.25, -0.2) is 0 Å². The molecule has 0 bridgehead atoms. The van der Waals surface area contributed by atoms with Gasteiger partial charge in [0.2, 0.25) is 5.91 Å². The van der Waals surface area contributed by atoms with Crippen molar-refractivity contribution in [2.45, 2.75) is 25.7 Å². The van der Waals surface area contributed by atoms with E-state index in [2.05, 4.69) is 20.9 Å². The molecule has 0 aromatic heterocycles. The molecule has 0 saturated heterocycles. The summed E-state index contributed by atoms with van der Waals surface area (Å²) in [5.41, 5.74) is 1.80. The molecular weight excluding hydrogens is 388 g/mol. The maximum Gasteiger partial charge on any atom is 0.224 e. The average Bonchev–Trinajstić information content (AvgIpc) is 2.74. The maximum atomic E-state index is 12.0. The smallest absolute Gasteiger partial charge is 0.224 e. The zero-order valence-electron chi connectivity index (χ0n) is 16.7. The molecule has 0 spiro atoms. The first kappa shape index (κ1) is 22.7. The van der Waals surface area contributed by atoms with Crippen LogP contribution in [0.3, 0.4) is 0 Å². The monoisotopic (exact) mass is 416 g/mol. The number of rotatable bonds is 10. The van der Waals surface area contributed by atoms with E-state index >= 15 is 0 Å². The van der Waals surface area contributed by atoms with Gasteiger partial charge in [-0.05, 0) is 43.2 Å². The number of guanidine groups is 1. The summed E-state index contributed by atoms with van der Waals surface area (Å²) in [4.78, 5) is 16.6. The van der Waals surface area contributed by atoms with Crippen molar-refractivity contribution in [1.29, 1.82) is 0 Å². The molecule has 0 saturated carbocycles. The van der Waals surface area contributed by atoms with Gasteiger partial charge in [0.15, 0.2) is 5.96 Å². The summed E-state index contributed by atoms with van der Waals surface area (Å²) in [7, 11) is 0. The average molecular weight is 417 g/mol. The van der Waals surface area contributed by atoms with Crippen LogP contribution in [-0.4, -0.2) is 43.2 Å². The van der Waals surface area contributed by atoms with Gasteiger partial charge in [0, 0.05) is 36.1 Å². The maximum absolute atomic E-state index is 12.0. The lowest BCUT2D eigenvalue weighted by molar-refractivity contribution is -0.116. The molecule has 2 aromatic carbocycles. The first-order valence-electron chi connectivity index (χ1n) is 9.85. The van der Waals surface area contributed by atoms with Gasteiger partial charge in [-0.1, -0.05) is 41.9 Å². The number of nitrogens with zero attached hydrogens (tertiary/aromatic N) is 1. The number of aliphatic hydroxyl groups is 1. The van der Waals surface area contributed by atoms with Crippen LogP contribution in [0.25, 0.3) is 0 Å². The molecule has 0 aliphatic carbocycles. The van der Waals surface area contributed by atoms with Crippen LogP contribution in [-0.2, 0) is 4.79 Å². The Hall–Kier alpha value is -2.57. The van der Waals surface area contributed by atoms with Crippen molar-refractivity contribution in [3.05, 3.63) is 65.2 Å². The molecule has 4 N–H and O–H groups in total. The Kier molecular flexibility index (Phi) is 10.0. The summed E-state index contributed by atoms with van der Waals surface area (Å²) in [6.45, 7) is 3.87. The van der Waals surface area contributed by atoms with Crippen molar-refractivity contribution in [3.63, 3.8) is 0 Å². The molecule has 1 amide bonds. The standard InChI is InChI=1S/C22H29ClN4O2/c1-2-24-22(26-15-18(16-28)17-7-4-3-5-8-17)25-14-6-9-21(29)27-20-12-10-19(23)11-13-20/h3-5,7-8,10-13,18,28H,2,6,9,14-16H2,1H3,(H,27,29)(H2,24,25,26). The summed E-state index contributed by atoms with van der Waals surface area (Å²) in [6.07, 6.45) is 1.07. The molecule has 2 aromatic rings. The molecule has 29 heavy (non-hydrogen) atoms. The minimum absolute atomic E-state index is 0.0395. The number of carbonyl (C=O) groups is 1. The van der Waals surface area contributed by atoms with Crippen LogP contribution in [0.5, 0.6) is 0 Å². The first-order chi connectivity index (χ1) is 14.1. The topological polar surface area (TPSA) is 85.8 Å². The Labute approximate surface area is 177 Å². The lowest BCUT2D eigenvalue weighted by atomic mass is 10.0. The highest BCUT2D eigenvalue weighted by atomic mass is 35.5. The van der Waals surface area contributed by atoms with Crippen molar-refractivity contribution in [1.82, 2.24) is 10.6 Å². The molecule has 0 aliphatic heterocycles. The van der Waals surface area contributed by atoms with E-state index in [1.807, 2.05) is 37.3 Å². The fraction of sp³-hybridized carbons (Fsp3) is 0.364. The Morgan fingerprint density at radius 2 is 1.83 bits per heavy atom. The highest BCUT2D eigenvalue weighted by Gasteiger charge is 2.10. The molecular formula is C22H29ClN4O2. The molecule has 0 heterocycles.